The summed E-state index contributed by atoms with van der Waals surface area (Å²) < 4.78 is 0. The Morgan fingerprint density at radius 3 is 2.32 bits per heavy atom. The minimum Gasteiger partial charge on any atom is -0.481 e. The van der Waals surface area contributed by atoms with Crippen molar-refractivity contribution in [2.24, 2.45) is 17.6 Å². The average Bonchev–Trinajstić information content (AvgIpc) is 2.38. The van der Waals surface area contributed by atoms with Crippen LogP contribution in [0.2, 0.25) is 0 Å². The number of benzene rings is 1. The van der Waals surface area contributed by atoms with Crippen LogP contribution in [0.15, 0.2) is 30.3 Å². The second-order valence-corrected chi connectivity index (χ2v) is 4.82. The number of hydrogen-bond acceptors (Lipinski definition) is 3. The predicted molar refractivity (Wildman–Crippen MR) is 72.3 cm³/mol. The van der Waals surface area contributed by atoms with E-state index < -0.39 is 17.9 Å². The van der Waals surface area contributed by atoms with Crippen LogP contribution < -0.4 is 11.1 Å². The summed E-state index contributed by atoms with van der Waals surface area (Å²) >= 11 is 0. The van der Waals surface area contributed by atoms with Gasteiger partial charge in [-0.1, -0.05) is 44.2 Å². The molecule has 19 heavy (non-hydrogen) atoms. The van der Waals surface area contributed by atoms with Gasteiger partial charge in [-0.05, 0) is 11.5 Å². The van der Waals surface area contributed by atoms with E-state index in [0.29, 0.717) is 5.56 Å². The number of carboxylic acids is 1. The SMILES string of the molecule is CC(C)C(CNC(=O)C(N)c1ccccc1)C(=O)O. The van der Waals surface area contributed by atoms with Crippen molar-refractivity contribution in [2.75, 3.05) is 6.54 Å². The molecule has 0 aliphatic carbocycles. The van der Waals surface area contributed by atoms with Crippen LogP contribution in [0.4, 0.5) is 0 Å². The summed E-state index contributed by atoms with van der Waals surface area (Å²) in [5.74, 6) is -1.93. The summed E-state index contributed by atoms with van der Waals surface area (Å²) in [6.45, 7) is 3.70. The monoisotopic (exact) mass is 264 g/mol. The van der Waals surface area contributed by atoms with Gasteiger partial charge in [0.15, 0.2) is 0 Å². The fraction of sp³-hybridized carbons (Fsp3) is 0.429. The highest BCUT2D eigenvalue weighted by Crippen LogP contribution is 2.12. The first-order valence-corrected chi connectivity index (χ1v) is 6.24. The molecule has 1 rings (SSSR count). The van der Waals surface area contributed by atoms with Crippen molar-refractivity contribution < 1.29 is 14.7 Å². The summed E-state index contributed by atoms with van der Waals surface area (Å²) in [4.78, 5) is 22.9. The molecule has 5 heteroatoms. The largest absolute Gasteiger partial charge is 0.481 e. The molecule has 1 aromatic rings. The van der Waals surface area contributed by atoms with E-state index in [1.54, 1.807) is 24.3 Å². The van der Waals surface area contributed by atoms with Crippen molar-refractivity contribution in [2.45, 2.75) is 19.9 Å². The van der Waals surface area contributed by atoms with Gasteiger partial charge in [0, 0.05) is 6.54 Å². The Morgan fingerprint density at radius 2 is 1.84 bits per heavy atom. The second-order valence-electron chi connectivity index (χ2n) is 4.82. The number of amides is 1. The van der Waals surface area contributed by atoms with Gasteiger partial charge in [-0.25, -0.2) is 0 Å². The van der Waals surface area contributed by atoms with Gasteiger partial charge in [0.1, 0.15) is 6.04 Å². The molecule has 0 aliphatic rings. The number of carbonyl (C=O) groups is 2. The van der Waals surface area contributed by atoms with Crippen LogP contribution in [0.3, 0.4) is 0 Å². The van der Waals surface area contributed by atoms with E-state index in [2.05, 4.69) is 5.32 Å². The van der Waals surface area contributed by atoms with Crippen LogP contribution in [0.5, 0.6) is 0 Å². The molecular weight excluding hydrogens is 244 g/mol. The summed E-state index contributed by atoms with van der Waals surface area (Å²) in [6, 6.07) is 8.20. The second kappa shape index (κ2) is 6.89. The van der Waals surface area contributed by atoms with Gasteiger partial charge in [0.25, 0.3) is 0 Å². The molecule has 104 valence electrons. The molecule has 4 N–H and O–H groups in total. The van der Waals surface area contributed by atoms with E-state index in [0.717, 1.165) is 0 Å². The highest BCUT2D eigenvalue weighted by atomic mass is 16.4. The van der Waals surface area contributed by atoms with Crippen molar-refractivity contribution in [1.82, 2.24) is 5.32 Å². The Balaban J connectivity index is 2.58. The Kier molecular flexibility index (Phi) is 5.51. The molecule has 0 fully saturated rings. The van der Waals surface area contributed by atoms with E-state index in [1.807, 2.05) is 19.9 Å². The van der Waals surface area contributed by atoms with Crippen molar-refractivity contribution in [3.8, 4) is 0 Å². The minimum absolute atomic E-state index is 0.0502. The first kappa shape index (κ1) is 15.2. The molecular formula is C14H20N2O3. The summed E-state index contributed by atoms with van der Waals surface area (Å²) in [6.07, 6.45) is 0. The number of nitrogens with one attached hydrogen (secondary N) is 1. The maximum Gasteiger partial charge on any atom is 0.308 e. The fourth-order valence-electron chi connectivity index (χ4n) is 1.74. The molecule has 0 aromatic heterocycles. The molecule has 0 saturated heterocycles. The minimum atomic E-state index is -0.913. The highest BCUT2D eigenvalue weighted by Gasteiger charge is 2.23. The third-order valence-electron chi connectivity index (χ3n) is 3.06. The average molecular weight is 264 g/mol. The van der Waals surface area contributed by atoms with Crippen molar-refractivity contribution >= 4 is 11.9 Å². The molecule has 5 nitrogen and oxygen atoms in total. The Bertz CT molecular complexity index is 432. The van der Waals surface area contributed by atoms with Gasteiger partial charge >= 0.3 is 5.97 Å². The predicted octanol–water partition coefficient (Wildman–Crippen LogP) is 1.16. The number of carboxylic acid groups (broad SMARTS) is 1. The van der Waals surface area contributed by atoms with E-state index in [1.165, 1.54) is 0 Å². The molecule has 0 aliphatic heterocycles. The maximum atomic E-state index is 11.9. The van der Waals surface area contributed by atoms with Gasteiger partial charge < -0.3 is 16.2 Å². The van der Waals surface area contributed by atoms with E-state index in [-0.39, 0.29) is 18.4 Å². The first-order valence-electron chi connectivity index (χ1n) is 6.24. The quantitative estimate of drug-likeness (QED) is 0.719. The molecule has 2 atom stereocenters. The standard InChI is InChI=1S/C14H20N2O3/c1-9(2)11(14(18)19)8-16-13(17)12(15)10-6-4-3-5-7-10/h3-7,9,11-12H,8,15H2,1-2H3,(H,16,17)(H,18,19). The molecule has 0 bridgehead atoms. The number of carbonyl (C=O) groups excluding carboxylic acids is 1. The van der Waals surface area contributed by atoms with Gasteiger partial charge in [0.2, 0.25) is 5.91 Å². The molecule has 0 saturated carbocycles. The van der Waals surface area contributed by atoms with Crippen LogP contribution in [0.25, 0.3) is 0 Å². The van der Waals surface area contributed by atoms with Crippen LogP contribution in [0, 0.1) is 11.8 Å². The van der Waals surface area contributed by atoms with Crippen LogP contribution >= 0.6 is 0 Å². The maximum absolute atomic E-state index is 11.9. The van der Waals surface area contributed by atoms with Crippen LogP contribution in [-0.4, -0.2) is 23.5 Å². The van der Waals surface area contributed by atoms with Crippen LogP contribution in [0.1, 0.15) is 25.5 Å². The van der Waals surface area contributed by atoms with E-state index in [4.69, 9.17) is 10.8 Å². The number of hydrogen-bond donors (Lipinski definition) is 3. The highest BCUT2D eigenvalue weighted by molar-refractivity contribution is 5.83. The Hall–Kier alpha value is -1.88. The van der Waals surface area contributed by atoms with Crippen molar-refractivity contribution in [1.29, 1.82) is 0 Å². The van der Waals surface area contributed by atoms with Crippen molar-refractivity contribution in [3.05, 3.63) is 35.9 Å². The lowest BCUT2D eigenvalue weighted by Crippen LogP contribution is -2.40. The third kappa shape index (κ3) is 4.37. The number of nitrogens with two attached hydrogens (primary N) is 1. The lowest BCUT2D eigenvalue weighted by atomic mass is 9.96. The Morgan fingerprint density at radius 1 is 1.26 bits per heavy atom. The smallest absolute Gasteiger partial charge is 0.308 e. The van der Waals surface area contributed by atoms with Gasteiger partial charge in [-0.3, -0.25) is 9.59 Å². The molecule has 2 unspecified atom stereocenters. The molecule has 0 spiro atoms. The van der Waals surface area contributed by atoms with Gasteiger partial charge in [-0.2, -0.15) is 0 Å². The summed E-state index contributed by atoms with van der Waals surface area (Å²) in [5, 5.41) is 11.6. The zero-order valence-corrected chi connectivity index (χ0v) is 11.2. The topological polar surface area (TPSA) is 92.4 Å². The third-order valence-corrected chi connectivity index (χ3v) is 3.06. The van der Waals surface area contributed by atoms with Crippen molar-refractivity contribution in [3.63, 3.8) is 0 Å². The van der Waals surface area contributed by atoms with Gasteiger partial charge in [0.05, 0.1) is 5.92 Å². The lowest BCUT2D eigenvalue weighted by Gasteiger charge is -2.18. The zero-order valence-electron chi connectivity index (χ0n) is 11.2. The zero-order chi connectivity index (χ0) is 14.4. The Labute approximate surface area is 112 Å². The van der Waals surface area contributed by atoms with E-state index >= 15 is 0 Å². The summed E-state index contributed by atoms with van der Waals surface area (Å²) in [7, 11) is 0. The molecule has 1 aromatic carbocycles. The fourth-order valence-corrected chi connectivity index (χ4v) is 1.74. The normalized spacial score (nSPS) is 13.9. The van der Waals surface area contributed by atoms with Crippen LogP contribution in [-0.2, 0) is 9.59 Å². The molecule has 0 heterocycles. The molecule has 0 radical (unpaired) electrons. The van der Waals surface area contributed by atoms with E-state index in [9.17, 15) is 9.59 Å². The van der Waals surface area contributed by atoms with Gasteiger partial charge in [-0.15, -0.1) is 0 Å². The lowest BCUT2D eigenvalue weighted by molar-refractivity contribution is -0.143. The first-order chi connectivity index (χ1) is 8.93. The molecule has 1 amide bonds. The number of rotatable bonds is 6. The summed E-state index contributed by atoms with van der Waals surface area (Å²) in [5.41, 5.74) is 6.52. The number of aliphatic carboxylic acids is 1.